The van der Waals surface area contributed by atoms with Gasteiger partial charge in [0, 0.05) is 17.1 Å². The van der Waals surface area contributed by atoms with Crippen LogP contribution >= 0.6 is 11.3 Å². The Bertz CT molecular complexity index is 511. The molecule has 0 saturated heterocycles. The molecule has 2 aromatic rings. The molecule has 2 rings (SSSR count). The average molecular weight is 236 g/mol. The Morgan fingerprint density at radius 3 is 2.94 bits per heavy atom. The lowest BCUT2D eigenvalue weighted by Crippen LogP contribution is -2.13. The number of nitrogens with one attached hydrogen (secondary N) is 1. The second-order valence-electron chi connectivity index (χ2n) is 3.25. The second-order valence-corrected chi connectivity index (χ2v) is 4.15. The highest BCUT2D eigenvalue weighted by molar-refractivity contribution is 7.13. The molecule has 0 radical (unpaired) electrons. The molecular formula is C11H9FN2OS. The van der Waals surface area contributed by atoms with Crippen molar-refractivity contribution in [1.82, 2.24) is 4.98 Å². The number of carbonyl (C=O) groups excluding carboxylic acids is 1. The van der Waals surface area contributed by atoms with E-state index in [0.29, 0.717) is 16.3 Å². The summed E-state index contributed by atoms with van der Waals surface area (Å²) in [6, 6.07) is 4.06. The maximum atomic E-state index is 12.8. The standard InChI is InChI=1S/C11H9FN2OS/c1-7-6-8(12)2-3-9(7)10(15)14-11-13-4-5-16-11/h2-6H,1H3,(H,13,14,15). The summed E-state index contributed by atoms with van der Waals surface area (Å²) < 4.78 is 12.8. The Morgan fingerprint density at radius 2 is 2.31 bits per heavy atom. The Kier molecular flexibility index (Phi) is 2.96. The SMILES string of the molecule is Cc1cc(F)ccc1C(=O)Nc1nccs1. The van der Waals surface area contributed by atoms with Crippen molar-refractivity contribution in [3.63, 3.8) is 0 Å². The number of rotatable bonds is 2. The third-order valence-electron chi connectivity index (χ3n) is 2.09. The van der Waals surface area contributed by atoms with E-state index in [1.807, 2.05) is 0 Å². The Labute approximate surface area is 96.0 Å². The van der Waals surface area contributed by atoms with Crippen molar-refractivity contribution in [3.8, 4) is 0 Å². The summed E-state index contributed by atoms with van der Waals surface area (Å²) in [4.78, 5) is 15.7. The van der Waals surface area contributed by atoms with Gasteiger partial charge < -0.3 is 0 Å². The quantitative estimate of drug-likeness (QED) is 0.871. The van der Waals surface area contributed by atoms with Crippen molar-refractivity contribution >= 4 is 22.4 Å². The topological polar surface area (TPSA) is 42.0 Å². The molecule has 1 aromatic carbocycles. The first kappa shape index (κ1) is 10.8. The van der Waals surface area contributed by atoms with Gasteiger partial charge in [0.15, 0.2) is 5.13 Å². The van der Waals surface area contributed by atoms with Gasteiger partial charge in [0.1, 0.15) is 5.82 Å². The lowest BCUT2D eigenvalue weighted by molar-refractivity contribution is 0.102. The number of benzene rings is 1. The Hall–Kier alpha value is -1.75. The molecule has 0 atom stereocenters. The number of aromatic nitrogens is 1. The molecule has 0 fully saturated rings. The molecule has 16 heavy (non-hydrogen) atoms. The fraction of sp³-hybridized carbons (Fsp3) is 0.0909. The molecule has 1 amide bonds. The number of aryl methyl sites for hydroxylation is 1. The fourth-order valence-corrected chi connectivity index (χ4v) is 1.86. The van der Waals surface area contributed by atoms with Crippen LogP contribution in [-0.4, -0.2) is 10.9 Å². The molecule has 1 aromatic heterocycles. The van der Waals surface area contributed by atoms with E-state index in [2.05, 4.69) is 10.3 Å². The minimum Gasteiger partial charge on any atom is -0.298 e. The minimum atomic E-state index is -0.344. The summed E-state index contributed by atoms with van der Waals surface area (Å²) >= 11 is 1.34. The Balaban J connectivity index is 2.21. The largest absolute Gasteiger partial charge is 0.298 e. The molecule has 0 aliphatic rings. The van der Waals surface area contributed by atoms with Crippen LogP contribution in [-0.2, 0) is 0 Å². The predicted molar refractivity (Wildman–Crippen MR) is 61.2 cm³/mol. The van der Waals surface area contributed by atoms with Crippen LogP contribution in [0.25, 0.3) is 0 Å². The molecule has 3 nitrogen and oxygen atoms in total. The van der Waals surface area contributed by atoms with Gasteiger partial charge in [-0.3, -0.25) is 10.1 Å². The van der Waals surface area contributed by atoms with Crippen LogP contribution in [0, 0.1) is 12.7 Å². The van der Waals surface area contributed by atoms with Gasteiger partial charge in [0.25, 0.3) is 5.91 Å². The van der Waals surface area contributed by atoms with Gasteiger partial charge in [-0.05, 0) is 30.7 Å². The summed E-state index contributed by atoms with van der Waals surface area (Å²) in [6.45, 7) is 1.69. The average Bonchev–Trinajstić information content (AvgIpc) is 2.70. The Morgan fingerprint density at radius 1 is 1.50 bits per heavy atom. The van der Waals surface area contributed by atoms with E-state index in [0.717, 1.165) is 0 Å². The minimum absolute atomic E-state index is 0.271. The highest BCUT2D eigenvalue weighted by Crippen LogP contribution is 2.15. The molecular weight excluding hydrogens is 227 g/mol. The van der Waals surface area contributed by atoms with Crippen molar-refractivity contribution in [1.29, 1.82) is 0 Å². The lowest BCUT2D eigenvalue weighted by Gasteiger charge is -2.04. The number of anilines is 1. The van der Waals surface area contributed by atoms with Crippen LogP contribution in [0.3, 0.4) is 0 Å². The van der Waals surface area contributed by atoms with E-state index in [4.69, 9.17) is 0 Å². The smallest absolute Gasteiger partial charge is 0.257 e. The third kappa shape index (κ3) is 2.25. The second kappa shape index (κ2) is 4.40. The zero-order valence-electron chi connectivity index (χ0n) is 8.53. The normalized spacial score (nSPS) is 10.1. The number of carbonyl (C=O) groups is 1. The summed E-state index contributed by atoms with van der Waals surface area (Å²) in [6.07, 6.45) is 1.61. The third-order valence-corrected chi connectivity index (χ3v) is 2.77. The van der Waals surface area contributed by atoms with E-state index in [1.165, 1.54) is 29.5 Å². The number of nitrogens with zero attached hydrogens (tertiary/aromatic N) is 1. The molecule has 1 N–H and O–H groups in total. The molecule has 0 saturated carbocycles. The van der Waals surface area contributed by atoms with E-state index < -0.39 is 0 Å². The molecule has 1 heterocycles. The van der Waals surface area contributed by atoms with Crippen LogP contribution in [0.4, 0.5) is 9.52 Å². The van der Waals surface area contributed by atoms with Gasteiger partial charge in [0.05, 0.1) is 0 Å². The van der Waals surface area contributed by atoms with Crippen LogP contribution in [0.2, 0.25) is 0 Å². The number of halogens is 1. The van der Waals surface area contributed by atoms with E-state index in [-0.39, 0.29) is 11.7 Å². The number of thiazole rings is 1. The molecule has 82 valence electrons. The van der Waals surface area contributed by atoms with Crippen LogP contribution in [0.5, 0.6) is 0 Å². The zero-order chi connectivity index (χ0) is 11.5. The maximum absolute atomic E-state index is 12.8. The highest BCUT2D eigenvalue weighted by atomic mass is 32.1. The molecule has 0 unspecified atom stereocenters. The van der Waals surface area contributed by atoms with Crippen LogP contribution in [0.15, 0.2) is 29.8 Å². The first-order valence-electron chi connectivity index (χ1n) is 4.64. The van der Waals surface area contributed by atoms with Crippen molar-refractivity contribution < 1.29 is 9.18 Å². The molecule has 0 bridgehead atoms. The van der Waals surface area contributed by atoms with E-state index in [9.17, 15) is 9.18 Å². The molecule has 0 spiro atoms. The first-order chi connectivity index (χ1) is 7.66. The van der Waals surface area contributed by atoms with Gasteiger partial charge >= 0.3 is 0 Å². The molecule has 0 aliphatic heterocycles. The van der Waals surface area contributed by atoms with Gasteiger partial charge in [-0.2, -0.15) is 0 Å². The van der Waals surface area contributed by atoms with Gasteiger partial charge in [-0.25, -0.2) is 9.37 Å². The number of hydrogen-bond donors (Lipinski definition) is 1. The van der Waals surface area contributed by atoms with Gasteiger partial charge in [-0.1, -0.05) is 0 Å². The number of amides is 1. The summed E-state index contributed by atoms with van der Waals surface area (Å²) in [5, 5.41) is 4.95. The van der Waals surface area contributed by atoms with E-state index >= 15 is 0 Å². The van der Waals surface area contributed by atoms with Gasteiger partial charge in [-0.15, -0.1) is 11.3 Å². The summed E-state index contributed by atoms with van der Waals surface area (Å²) in [5.74, 6) is -0.615. The van der Waals surface area contributed by atoms with Crippen molar-refractivity contribution in [2.24, 2.45) is 0 Å². The van der Waals surface area contributed by atoms with Crippen LogP contribution in [0.1, 0.15) is 15.9 Å². The number of hydrogen-bond acceptors (Lipinski definition) is 3. The maximum Gasteiger partial charge on any atom is 0.257 e. The summed E-state index contributed by atoms with van der Waals surface area (Å²) in [5.41, 5.74) is 1.06. The monoisotopic (exact) mass is 236 g/mol. The lowest BCUT2D eigenvalue weighted by atomic mass is 10.1. The van der Waals surface area contributed by atoms with Crippen molar-refractivity contribution in [2.75, 3.05) is 5.32 Å². The van der Waals surface area contributed by atoms with Gasteiger partial charge in [0.2, 0.25) is 0 Å². The molecule has 0 aliphatic carbocycles. The molecule has 5 heteroatoms. The van der Waals surface area contributed by atoms with E-state index in [1.54, 1.807) is 18.5 Å². The van der Waals surface area contributed by atoms with Crippen molar-refractivity contribution in [3.05, 3.63) is 46.7 Å². The zero-order valence-corrected chi connectivity index (χ0v) is 9.34. The van der Waals surface area contributed by atoms with Crippen LogP contribution < -0.4 is 5.32 Å². The fourth-order valence-electron chi connectivity index (χ4n) is 1.33. The predicted octanol–water partition coefficient (Wildman–Crippen LogP) is 2.84. The van der Waals surface area contributed by atoms with Crippen molar-refractivity contribution in [2.45, 2.75) is 6.92 Å². The highest BCUT2D eigenvalue weighted by Gasteiger charge is 2.10. The summed E-state index contributed by atoms with van der Waals surface area (Å²) in [7, 11) is 0. The first-order valence-corrected chi connectivity index (χ1v) is 5.52.